The molecule has 1 fully saturated rings. The molecule has 2 amide bonds. The summed E-state index contributed by atoms with van der Waals surface area (Å²) in [4.78, 5) is 25.9. The number of piperidine rings is 1. The van der Waals surface area contributed by atoms with Crippen molar-refractivity contribution < 1.29 is 9.59 Å². The summed E-state index contributed by atoms with van der Waals surface area (Å²) < 4.78 is 1.01. The maximum atomic E-state index is 12.3. The Balaban J connectivity index is 2.02. The van der Waals surface area contributed by atoms with Crippen LogP contribution in [0.4, 0.5) is 5.69 Å². The van der Waals surface area contributed by atoms with Crippen molar-refractivity contribution in [2.24, 2.45) is 5.41 Å². The Kier molecular flexibility index (Phi) is 3.36. The molecular weight excluding hydrogens is 330 g/mol. The van der Waals surface area contributed by atoms with Crippen molar-refractivity contribution >= 4 is 44.2 Å². The van der Waals surface area contributed by atoms with Gasteiger partial charge in [0.05, 0.1) is 5.69 Å². The van der Waals surface area contributed by atoms with Crippen molar-refractivity contribution in [1.29, 1.82) is 0 Å². The van der Waals surface area contributed by atoms with E-state index in [1.54, 1.807) is 0 Å². The molecule has 0 aliphatic carbocycles. The molecule has 1 aliphatic rings. The van der Waals surface area contributed by atoms with Crippen LogP contribution in [-0.4, -0.2) is 11.8 Å². The quantitative estimate of drug-likeness (QED) is 0.723. The molecule has 0 saturated carbocycles. The molecule has 0 radical (unpaired) electrons. The SMILES string of the molecule is CC1(C)CC(=O)N(c2ccc3cc(Br)ccc3c2)C(=O)C1. The van der Waals surface area contributed by atoms with E-state index in [9.17, 15) is 9.59 Å². The van der Waals surface area contributed by atoms with Gasteiger partial charge in [-0.15, -0.1) is 0 Å². The van der Waals surface area contributed by atoms with E-state index >= 15 is 0 Å². The van der Waals surface area contributed by atoms with E-state index in [-0.39, 0.29) is 17.2 Å². The van der Waals surface area contributed by atoms with E-state index in [4.69, 9.17) is 0 Å². The third kappa shape index (κ3) is 2.72. The van der Waals surface area contributed by atoms with Crippen molar-refractivity contribution in [2.45, 2.75) is 26.7 Å². The van der Waals surface area contributed by atoms with Gasteiger partial charge in [0.2, 0.25) is 11.8 Å². The van der Waals surface area contributed by atoms with Crippen LogP contribution in [0.25, 0.3) is 10.8 Å². The van der Waals surface area contributed by atoms with Gasteiger partial charge >= 0.3 is 0 Å². The summed E-state index contributed by atoms with van der Waals surface area (Å²) in [6, 6.07) is 11.6. The highest BCUT2D eigenvalue weighted by Gasteiger charge is 2.38. The number of fused-ring (bicyclic) bond motifs is 1. The first kappa shape index (κ1) is 14.3. The lowest BCUT2D eigenvalue weighted by atomic mass is 9.81. The Labute approximate surface area is 132 Å². The lowest BCUT2D eigenvalue weighted by molar-refractivity contribution is -0.132. The number of rotatable bonds is 1. The number of nitrogens with zero attached hydrogens (tertiary/aromatic N) is 1. The van der Waals surface area contributed by atoms with Crippen LogP contribution in [-0.2, 0) is 9.59 Å². The molecule has 0 unspecified atom stereocenters. The van der Waals surface area contributed by atoms with Crippen molar-refractivity contribution in [3.8, 4) is 0 Å². The number of carbonyl (C=O) groups excluding carboxylic acids is 2. The molecule has 0 spiro atoms. The van der Waals surface area contributed by atoms with E-state index in [1.165, 1.54) is 4.90 Å². The Morgan fingerprint density at radius 2 is 1.52 bits per heavy atom. The molecule has 1 aliphatic heterocycles. The number of hydrogen-bond donors (Lipinski definition) is 0. The van der Waals surface area contributed by atoms with Gasteiger partial charge in [0.1, 0.15) is 0 Å². The Morgan fingerprint density at radius 1 is 0.952 bits per heavy atom. The van der Waals surface area contributed by atoms with Gasteiger partial charge in [-0.25, -0.2) is 0 Å². The van der Waals surface area contributed by atoms with Gasteiger partial charge in [-0.05, 0) is 40.5 Å². The Bertz CT molecular complexity index is 732. The van der Waals surface area contributed by atoms with Crippen LogP contribution in [0, 0.1) is 5.41 Å². The molecule has 1 saturated heterocycles. The molecule has 3 nitrogen and oxygen atoms in total. The van der Waals surface area contributed by atoms with Crippen LogP contribution < -0.4 is 4.90 Å². The zero-order chi connectivity index (χ0) is 15.2. The zero-order valence-corrected chi connectivity index (χ0v) is 13.6. The maximum Gasteiger partial charge on any atom is 0.234 e. The average molecular weight is 346 g/mol. The van der Waals surface area contributed by atoms with Gasteiger partial charge in [0, 0.05) is 17.3 Å². The smallest absolute Gasteiger partial charge is 0.234 e. The molecule has 0 N–H and O–H groups in total. The number of carbonyl (C=O) groups is 2. The molecule has 0 bridgehead atoms. The lowest BCUT2D eigenvalue weighted by Gasteiger charge is -2.34. The van der Waals surface area contributed by atoms with E-state index in [0.29, 0.717) is 18.5 Å². The summed E-state index contributed by atoms with van der Waals surface area (Å²) in [5.74, 6) is -0.236. The summed E-state index contributed by atoms with van der Waals surface area (Å²) in [6.07, 6.45) is 0.800. The summed E-state index contributed by atoms with van der Waals surface area (Å²) in [7, 11) is 0. The van der Waals surface area contributed by atoms with E-state index in [0.717, 1.165) is 15.2 Å². The van der Waals surface area contributed by atoms with E-state index < -0.39 is 0 Å². The first-order chi connectivity index (χ1) is 9.85. The molecule has 2 aromatic rings. The monoisotopic (exact) mass is 345 g/mol. The molecule has 108 valence electrons. The van der Waals surface area contributed by atoms with Crippen LogP contribution in [0.3, 0.4) is 0 Å². The normalized spacial score (nSPS) is 18.3. The number of anilines is 1. The second-order valence-corrected chi connectivity index (χ2v) is 7.23. The topological polar surface area (TPSA) is 37.4 Å². The predicted octanol–water partition coefficient (Wildman–Crippen LogP) is 4.28. The van der Waals surface area contributed by atoms with Gasteiger partial charge in [0.15, 0.2) is 0 Å². The van der Waals surface area contributed by atoms with Crippen LogP contribution >= 0.6 is 15.9 Å². The molecule has 3 rings (SSSR count). The summed E-state index contributed by atoms with van der Waals surface area (Å²) in [5, 5.41) is 2.09. The number of hydrogen-bond acceptors (Lipinski definition) is 2. The largest absolute Gasteiger partial charge is 0.274 e. The van der Waals surface area contributed by atoms with E-state index in [2.05, 4.69) is 15.9 Å². The standard InChI is InChI=1S/C17H16BrNO2/c1-17(2)9-15(20)19(16(21)10-17)14-6-4-11-7-13(18)5-3-12(11)8-14/h3-8H,9-10H2,1-2H3. The maximum absolute atomic E-state index is 12.3. The van der Waals surface area contributed by atoms with Crippen LogP contribution in [0.15, 0.2) is 40.9 Å². The minimum Gasteiger partial charge on any atom is -0.274 e. The summed E-state index contributed by atoms with van der Waals surface area (Å²) >= 11 is 3.44. The minimum atomic E-state index is -0.244. The van der Waals surface area contributed by atoms with Crippen LogP contribution in [0.2, 0.25) is 0 Å². The first-order valence-corrected chi connectivity index (χ1v) is 7.70. The Hall–Kier alpha value is -1.68. The lowest BCUT2D eigenvalue weighted by Crippen LogP contribution is -2.46. The third-order valence-electron chi connectivity index (χ3n) is 3.80. The average Bonchev–Trinajstić information content (AvgIpc) is 2.36. The van der Waals surface area contributed by atoms with Crippen molar-refractivity contribution in [3.63, 3.8) is 0 Å². The van der Waals surface area contributed by atoms with Gasteiger partial charge in [-0.3, -0.25) is 14.5 Å². The fourth-order valence-corrected chi connectivity index (χ4v) is 3.19. The van der Waals surface area contributed by atoms with E-state index in [1.807, 2.05) is 50.2 Å². The molecule has 21 heavy (non-hydrogen) atoms. The molecule has 1 heterocycles. The van der Waals surface area contributed by atoms with Crippen LogP contribution in [0.1, 0.15) is 26.7 Å². The second-order valence-electron chi connectivity index (χ2n) is 6.32. The zero-order valence-electron chi connectivity index (χ0n) is 12.0. The Morgan fingerprint density at radius 3 is 2.19 bits per heavy atom. The third-order valence-corrected chi connectivity index (χ3v) is 4.30. The fraction of sp³-hybridized carbons (Fsp3) is 0.294. The number of halogens is 1. The predicted molar refractivity (Wildman–Crippen MR) is 87.2 cm³/mol. The van der Waals surface area contributed by atoms with Crippen molar-refractivity contribution in [2.75, 3.05) is 4.90 Å². The molecular formula is C17H16BrNO2. The van der Waals surface area contributed by atoms with Gasteiger partial charge < -0.3 is 0 Å². The van der Waals surface area contributed by atoms with Gasteiger partial charge in [-0.1, -0.05) is 41.9 Å². The summed E-state index contributed by atoms with van der Waals surface area (Å²) in [5.41, 5.74) is 0.419. The molecule has 0 aromatic heterocycles. The first-order valence-electron chi connectivity index (χ1n) is 6.91. The highest BCUT2D eigenvalue weighted by atomic mass is 79.9. The number of imide groups is 1. The minimum absolute atomic E-state index is 0.118. The fourth-order valence-electron chi connectivity index (χ4n) is 2.81. The van der Waals surface area contributed by atoms with Gasteiger partial charge in [-0.2, -0.15) is 0 Å². The van der Waals surface area contributed by atoms with Crippen molar-refractivity contribution in [3.05, 3.63) is 40.9 Å². The van der Waals surface area contributed by atoms with Crippen LogP contribution in [0.5, 0.6) is 0 Å². The number of amides is 2. The molecule has 0 atom stereocenters. The number of benzene rings is 2. The molecule has 4 heteroatoms. The summed E-state index contributed by atoms with van der Waals surface area (Å²) in [6.45, 7) is 3.91. The van der Waals surface area contributed by atoms with Gasteiger partial charge in [0.25, 0.3) is 0 Å². The highest BCUT2D eigenvalue weighted by Crippen LogP contribution is 2.35. The van der Waals surface area contributed by atoms with Crippen molar-refractivity contribution in [1.82, 2.24) is 0 Å². The highest BCUT2D eigenvalue weighted by molar-refractivity contribution is 9.10. The molecule has 2 aromatic carbocycles. The second kappa shape index (κ2) is 4.95.